The van der Waals surface area contributed by atoms with Crippen molar-refractivity contribution in [2.75, 3.05) is 36.8 Å². The van der Waals surface area contributed by atoms with Crippen molar-refractivity contribution in [1.82, 2.24) is 0 Å². The van der Waals surface area contributed by atoms with Gasteiger partial charge in [-0.15, -0.1) is 0 Å². The second-order valence-corrected chi connectivity index (χ2v) is 4.72. The number of hydrogen-bond donors (Lipinski definition) is 1. The minimum Gasteiger partial charge on any atom is -0.495 e. The summed E-state index contributed by atoms with van der Waals surface area (Å²) in [6.45, 7) is 2.19. The molecule has 0 radical (unpaired) electrons. The van der Waals surface area contributed by atoms with Crippen LogP contribution in [-0.2, 0) is 0 Å². The lowest BCUT2D eigenvalue weighted by atomic mass is 10.2. The fourth-order valence-electron chi connectivity index (χ4n) is 1.61. The number of para-hydroxylation sites is 1. The van der Waals surface area contributed by atoms with E-state index in [0.717, 1.165) is 17.2 Å². The highest BCUT2D eigenvalue weighted by Gasteiger charge is 2.14. The van der Waals surface area contributed by atoms with Crippen molar-refractivity contribution in [3.05, 3.63) is 18.2 Å². The van der Waals surface area contributed by atoms with E-state index in [1.165, 1.54) is 0 Å². The molecule has 1 rings (SSSR count). The predicted octanol–water partition coefficient (Wildman–Crippen LogP) is 2.47. The average molecular weight is 240 g/mol. The molecule has 0 saturated carbocycles. The Balaban J connectivity index is 2.94. The lowest BCUT2D eigenvalue weighted by molar-refractivity contribution is 0.417. The Morgan fingerprint density at radius 1 is 1.50 bits per heavy atom. The van der Waals surface area contributed by atoms with Crippen LogP contribution in [0.15, 0.2) is 18.2 Å². The van der Waals surface area contributed by atoms with Gasteiger partial charge in [0.25, 0.3) is 0 Å². The predicted molar refractivity (Wildman–Crippen MR) is 73.7 cm³/mol. The first-order chi connectivity index (χ1) is 7.61. The molecule has 4 heteroatoms. The quantitative estimate of drug-likeness (QED) is 0.802. The Hall–Kier alpha value is -1.03. The molecular weight excluding hydrogens is 220 g/mol. The van der Waals surface area contributed by atoms with E-state index in [2.05, 4.69) is 25.1 Å². The van der Waals surface area contributed by atoms with Crippen LogP contribution >= 0.6 is 11.8 Å². The molecule has 1 unspecified atom stereocenters. The summed E-state index contributed by atoms with van der Waals surface area (Å²) in [5.41, 5.74) is 7.79. The smallest absolute Gasteiger partial charge is 0.143 e. The summed E-state index contributed by atoms with van der Waals surface area (Å²) in [5.74, 6) is 1.81. The van der Waals surface area contributed by atoms with Gasteiger partial charge in [0, 0.05) is 18.8 Å². The minimum atomic E-state index is 0.449. The molecule has 3 nitrogen and oxygen atoms in total. The normalized spacial score (nSPS) is 12.2. The topological polar surface area (TPSA) is 38.5 Å². The molecule has 0 spiro atoms. The largest absolute Gasteiger partial charge is 0.495 e. The van der Waals surface area contributed by atoms with Crippen LogP contribution < -0.4 is 15.4 Å². The van der Waals surface area contributed by atoms with Gasteiger partial charge in [-0.2, -0.15) is 11.8 Å². The first kappa shape index (κ1) is 13.0. The van der Waals surface area contributed by atoms with Crippen LogP contribution in [0, 0.1) is 0 Å². The molecule has 0 heterocycles. The van der Waals surface area contributed by atoms with Crippen LogP contribution in [0.25, 0.3) is 0 Å². The molecule has 0 fully saturated rings. The van der Waals surface area contributed by atoms with Crippen LogP contribution in [0.2, 0.25) is 0 Å². The van der Waals surface area contributed by atoms with Crippen molar-refractivity contribution in [3.8, 4) is 5.75 Å². The van der Waals surface area contributed by atoms with Crippen molar-refractivity contribution in [2.24, 2.45) is 0 Å². The maximum atomic E-state index is 6.06. The van der Waals surface area contributed by atoms with Crippen LogP contribution in [0.5, 0.6) is 5.75 Å². The number of hydrogen-bond acceptors (Lipinski definition) is 4. The highest BCUT2D eigenvalue weighted by atomic mass is 32.2. The highest BCUT2D eigenvalue weighted by molar-refractivity contribution is 7.98. The summed E-state index contributed by atoms with van der Waals surface area (Å²) in [7, 11) is 3.70. The van der Waals surface area contributed by atoms with E-state index < -0.39 is 0 Å². The molecular formula is C12H20N2OS. The molecule has 0 saturated heterocycles. The Kier molecular flexibility index (Phi) is 4.80. The summed E-state index contributed by atoms with van der Waals surface area (Å²) in [6, 6.07) is 6.32. The molecule has 0 aliphatic rings. The molecule has 1 aromatic carbocycles. The number of methoxy groups -OCH3 is 1. The van der Waals surface area contributed by atoms with Crippen molar-refractivity contribution >= 4 is 23.1 Å². The van der Waals surface area contributed by atoms with Gasteiger partial charge in [0.05, 0.1) is 18.5 Å². The molecule has 16 heavy (non-hydrogen) atoms. The standard InChI is InChI=1S/C12H20N2OS/c1-9(8-16-4)14(2)10-6-5-7-11(15-3)12(10)13/h5-7,9H,8,13H2,1-4H3. The van der Waals surface area contributed by atoms with Gasteiger partial charge in [-0.3, -0.25) is 0 Å². The number of thioether (sulfide) groups is 1. The van der Waals surface area contributed by atoms with Crippen LogP contribution in [0.3, 0.4) is 0 Å². The number of nitrogens with two attached hydrogens (primary N) is 1. The molecule has 0 amide bonds. The minimum absolute atomic E-state index is 0.449. The number of benzene rings is 1. The Bertz CT molecular complexity index is 344. The third-order valence-electron chi connectivity index (χ3n) is 2.71. The average Bonchev–Trinajstić information content (AvgIpc) is 2.29. The number of ether oxygens (including phenoxy) is 1. The Morgan fingerprint density at radius 2 is 2.19 bits per heavy atom. The van der Waals surface area contributed by atoms with Gasteiger partial charge in [0.15, 0.2) is 0 Å². The van der Waals surface area contributed by atoms with E-state index in [1.54, 1.807) is 7.11 Å². The van der Waals surface area contributed by atoms with E-state index in [-0.39, 0.29) is 0 Å². The van der Waals surface area contributed by atoms with Crippen molar-refractivity contribution < 1.29 is 4.74 Å². The van der Waals surface area contributed by atoms with Gasteiger partial charge in [-0.1, -0.05) is 6.07 Å². The highest BCUT2D eigenvalue weighted by Crippen LogP contribution is 2.32. The lowest BCUT2D eigenvalue weighted by Crippen LogP contribution is -2.31. The SMILES string of the molecule is COc1cccc(N(C)C(C)CSC)c1N. The molecule has 1 aromatic rings. The first-order valence-electron chi connectivity index (χ1n) is 5.26. The second-order valence-electron chi connectivity index (χ2n) is 3.81. The number of anilines is 2. The van der Waals surface area contributed by atoms with Crippen molar-refractivity contribution in [3.63, 3.8) is 0 Å². The van der Waals surface area contributed by atoms with Crippen molar-refractivity contribution in [1.29, 1.82) is 0 Å². The van der Waals surface area contributed by atoms with E-state index in [4.69, 9.17) is 10.5 Å². The summed E-state index contributed by atoms with van der Waals surface area (Å²) in [6.07, 6.45) is 2.11. The molecule has 90 valence electrons. The monoisotopic (exact) mass is 240 g/mol. The van der Waals surface area contributed by atoms with E-state index >= 15 is 0 Å². The van der Waals surface area contributed by atoms with Gasteiger partial charge in [-0.05, 0) is 25.3 Å². The third-order valence-corrected chi connectivity index (χ3v) is 3.53. The molecule has 0 bridgehead atoms. The summed E-state index contributed by atoms with van der Waals surface area (Å²) in [5, 5.41) is 0. The second kappa shape index (κ2) is 5.89. The lowest BCUT2D eigenvalue weighted by Gasteiger charge is -2.28. The first-order valence-corrected chi connectivity index (χ1v) is 6.65. The summed E-state index contributed by atoms with van der Waals surface area (Å²) in [4.78, 5) is 2.19. The molecule has 2 N–H and O–H groups in total. The zero-order chi connectivity index (χ0) is 12.1. The Labute approximate surface area is 102 Å². The zero-order valence-electron chi connectivity index (χ0n) is 10.4. The summed E-state index contributed by atoms with van der Waals surface area (Å²) < 4.78 is 5.22. The van der Waals surface area contributed by atoms with Crippen LogP contribution in [0.4, 0.5) is 11.4 Å². The zero-order valence-corrected chi connectivity index (χ0v) is 11.2. The van der Waals surface area contributed by atoms with Crippen LogP contribution in [-0.4, -0.2) is 32.2 Å². The van der Waals surface area contributed by atoms with Gasteiger partial charge in [0.1, 0.15) is 5.75 Å². The van der Waals surface area contributed by atoms with Gasteiger partial charge < -0.3 is 15.4 Å². The van der Waals surface area contributed by atoms with Crippen LogP contribution in [0.1, 0.15) is 6.92 Å². The van der Waals surface area contributed by atoms with Gasteiger partial charge in [-0.25, -0.2) is 0 Å². The fourth-order valence-corrected chi connectivity index (χ4v) is 2.31. The van der Waals surface area contributed by atoms with Crippen molar-refractivity contribution in [2.45, 2.75) is 13.0 Å². The molecule has 0 aliphatic carbocycles. The molecule has 1 atom stereocenters. The fraction of sp³-hybridized carbons (Fsp3) is 0.500. The molecule has 0 aliphatic heterocycles. The third kappa shape index (κ3) is 2.76. The van der Waals surface area contributed by atoms with E-state index in [1.807, 2.05) is 30.0 Å². The number of rotatable bonds is 5. The number of nitrogens with zero attached hydrogens (tertiary/aromatic N) is 1. The molecule has 0 aromatic heterocycles. The maximum Gasteiger partial charge on any atom is 0.143 e. The van der Waals surface area contributed by atoms with E-state index in [0.29, 0.717) is 11.7 Å². The number of nitrogen functional groups attached to an aromatic ring is 1. The summed E-state index contributed by atoms with van der Waals surface area (Å²) >= 11 is 1.83. The van der Waals surface area contributed by atoms with Gasteiger partial charge in [0.2, 0.25) is 0 Å². The van der Waals surface area contributed by atoms with Gasteiger partial charge >= 0.3 is 0 Å². The maximum absolute atomic E-state index is 6.06. The Morgan fingerprint density at radius 3 is 2.75 bits per heavy atom. The van der Waals surface area contributed by atoms with E-state index in [9.17, 15) is 0 Å².